The molecule has 0 aliphatic heterocycles. The second-order valence-corrected chi connectivity index (χ2v) is 6.24. The first-order chi connectivity index (χ1) is 10.3. The Bertz CT molecular complexity index is 602. The zero-order valence-corrected chi connectivity index (χ0v) is 13.1. The van der Waals surface area contributed by atoms with Crippen molar-refractivity contribution >= 4 is 0 Å². The van der Waals surface area contributed by atoms with Crippen molar-refractivity contribution < 1.29 is 0 Å². The molecule has 0 amide bonds. The molecule has 0 fully saturated rings. The van der Waals surface area contributed by atoms with E-state index in [1.165, 1.54) is 47.9 Å². The summed E-state index contributed by atoms with van der Waals surface area (Å²) < 4.78 is 0. The smallest absolute Gasteiger partial charge is 0.0328 e. The number of hydrogen-bond donors (Lipinski definition) is 1. The van der Waals surface area contributed by atoms with Crippen molar-refractivity contribution in [3.8, 4) is 0 Å². The van der Waals surface area contributed by atoms with Gasteiger partial charge in [-0.05, 0) is 55.4 Å². The molecular formula is C20H25N. The molecule has 3 rings (SSSR count). The van der Waals surface area contributed by atoms with Crippen molar-refractivity contribution in [2.24, 2.45) is 0 Å². The summed E-state index contributed by atoms with van der Waals surface area (Å²) in [5, 5.41) is 3.87. The monoisotopic (exact) mass is 279 g/mol. The van der Waals surface area contributed by atoms with Crippen LogP contribution in [0.1, 0.15) is 60.5 Å². The molecule has 1 N–H and O–H groups in total. The van der Waals surface area contributed by atoms with Gasteiger partial charge in [-0.2, -0.15) is 0 Å². The van der Waals surface area contributed by atoms with Crippen LogP contribution in [0.3, 0.4) is 0 Å². The third-order valence-electron chi connectivity index (χ3n) is 4.73. The maximum Gasteiger partial charge on any atom is 0.0328 e. The Balaban J connectivity index is 1.83. The van der Waals surface area contributed by atoms with E-state index in [1.807, 2.05) is 0 Å². The largest absolute Gasteiger partial charge is 0.303 e. The molecule has 110 valence electrons. The van der Waals surface area contributed by atoms with E-state index >= 15 is 0 Å². The molecule has 0 aromatic heterocycles. The second kappa shape index (κ2) is 6.44. The number of aryl methyl sites for hydroxylation is 2. The average Bonchev–Trinajstić information content (AvgIpc) is 2.70. The average molecular weight is 279 g/mol. The highest BCUT2D eigenvalue weighted by molar-refractivity contribution is 5.33. The minimum atomic E-state index is 0.391. The molecule has 2 unspecified atom stereocenters. The van der Waals surface area contributed by atoms with Gasteiger partial charge in [0.25, 0.3) is 0 Å². The van der Waals surface area contributed by atoms with Gasteiger partial charge in [-0.3, -0.25) is 0 Å². The number of nitrogens with one attached hydrogen (secondary N) is 1. The molecule has 1 nitrogen and oxygen atoms in total. The van der Waals surface area contributed by atoms with Gasteiger partial charge in [-0.15, -0.1) is 0 Å². The number of rotatable bonds is 3. The van der Waals surface area contributed by atoms with Crippen LogP contribution in [0.2, 0.25) is 0 Å². The Labute approximate surface area is 128 Å². The molecule has 2 aromatic carbocycles. The zero-order chi connectivity index (χ0) is 14.7. The van der Waals surface area contributed by atoms with Crippen molar-refractivity contribution in [2.75, 3.05) is 0 Å². The fourth-order valence-electron chi connectivity index (χ4n) is 3.56. The summed E-state index contributed by atoms with van der Waals surface area (Å²) in [6.45, 7) is 4.49. The van der Waals surface area contributed by atoms with Crippen molar-refractivity contribution in [1.29, 1.82) is 0 Å². The summed E-state index contributed by atoms with van der Waals surface area (Å²) in [5.41, 5.74) is 5.83. The normalized spacial score (nSPS) is 19.6. The summed E-state index contributed by atoms with van der Waals surface area (Å²) in [4.78, 5) is 0. The van der Waals surface area contributed by atoms with E-state index in [0.717, 1.165) is 0 Å². The molecule has 0 heterocycles. The molecule has 0 saturated carbocycles. The van der Waals surface area contributed by atoms with Gasteiger partial charge >= 0.3 is 0 Å². The Morgan fingerprint density at radius 1 is 1.00 bits per heavy atom. The minimum absolute atomic E-state index is 0.391. The van der Waals surface area contributed by atoms with E-state index in [2.05, 4.69) is 67.7 Å². The Morgan fingerprint density at radius 2 is 1.76 bits per heavy atom. The molecule has 0 radical (unpaired) electrons. The standard InChI is InChI=1S/C20H25N/c1-15-9-3-6-12-18(15)16(2)21-20-14-8-5-11-17-10-4-7-13-19(17)20/h3-4,6-7,9-10,12-13,16,20-21H,5,8,11,14H2,1-2H3. The maximum atomic E-state index is 3.87. The first-order valence-electron chi connectivity index (χ1n) is 8.15. The van der Waals surface area contributed by atoms with Crippen LogP contribution in [0.25, 0.3) is 0 Å². The highest BCUT2D eigenvalue weighted by atomic mass is 14.9. The quantitative estimate of drug-likeness (QED) is 0.769. The highest BCUT2D eigenvalue weighted by Gasteiger charge is 2.20. The van der Waals surface area contributed by atoms with Crippen LogP contribution in [0.5, 0.6) is 0 Å². The molecule has 1 aliphatic rings. The second-order valence-electron chi connectivity index (χ2n) is 6.24. The fraction of sp³-hybridized carbons (Fsp3) is 0.400. The van der Waals surface area contributed by atoms with Gasteiger partial charge in [0, 0.05) is 12.1 Å². The van der Waals surface area contributed by atoms with E-state index in [1.54, 1.807) is 0 Å². The van der Waals surface area contributed by atoms with Crippen molar-refractivity contribution in [1.82, 2.24) is 5.32 Å². The van der Waals surface area contributed by atoms with Crippen LogP contribution >= 0.6 is 0 Å². The SMILES string of the molecule is Cc1ccccc1C(C)NC1CCCCc2ccccc21. The van der Waals surface area contributed by atoms with Gasteiger partial charge < -0.3 is 5.32 Å². The summed E-state index contributed by atoms with van der Waals surface area (Å²) in [7, 11) is 0. The zero-order valence-electron chi connectivity index (χ0n) is 13.1. The lowest BCUT2D eigenvalue weighted by molar-refractivity contribution is 0.436. The van der Waals surface area contributed by atoms with Gasteiger partial charge in [0.2, 0.25) is 0 Å². The molecule has 2 aromatic rings. The molecule has 2 atom stereocenters. The first kappa shape index (κ1) is 14.3. The summed E-state index contributed by atoms with van der Waals surface area (Å²) >= 11 is 0. The predicted molar refractivity (Wildman–Crippen MR) is 89.5 cm³/mol. The third-order valence-corrected chi connectivity index (χ3v) is 4.73. The van der Waals surface area contributed by atoms with E-state index in [9.17, 15) is 0 Å². The predicted octanol–water partition coefficient (Wildman–Crippen LogP) is 5.11. The Morgan fingerprint density at radius 3 is 2.62 bits per heavy atom. The van der Waals surface area contributed by atoms with E-state index in [4.69, 9.17) is 0 Å². The lowest BCUT2D eigenvalue weighted by atomic mass is 9.96. The van der Waals surface area contributed by atoms with Crippen molar-refractivity contribution in [3.05, 3.63) is 70.8 Å². The molecule has 0 bridgehead atoms. The van der Waals surface area contributed by atoms with Crippen LogP contribution in [0.15, 0.2) is 48.5 Å². The Hall–Kier alpha value is -1.60. The maximum absolute atomic E-state index is 3.87. The Kier molecular flexibility index (Phi) is 4.40. The lowest BCUT2D eigenvalue weighted by Gasteiger charge is -2.25. The lowest BCUT2D eigenvalue weighted by Crippen LogP contribution is -2.25. The molecule has 1 aliphatic carbocycles. The van der Waals surface area contributed by atoms with Gasteiger partial charge in [-0.25, -0.2) is 0 Å². The number of fused-ring (bicyclic) bond motifs is 1. The molecule has 1 heteroatoms. The summed E-state index contributed by atoms with van der Waals surface area (Å²) in [5.74, 6) is 0. The van der Waals surface area contributed by atoms with Gasteiger partial charge in [0.15, 0.2) is 0 Å². The van der Waals surface area contributed by atoms with Gasteiger partial charge in [0.05, 0.1) is 0 Å². The van der Waals surface area contributed by atoms with Crippen molar-refractivity contribution in [2.45, 2.75) is 51.6 Å². The van der Waals surface area contributed by atoms with E-state index < -0.39 is 0 Å². The van der Waals surface area contributed by atoms with E-state index in [-0.39, 0.29) is 0 Å². The van der Waals surface area contributed by atoms with Crippen LogP contribution in [-0.4, -0.2) is 0 Å². The molecule has 0 saturated heterocycles. The topological polar surface area (TPSA) is 12.0 Å². The minimum Gasteiger partial charge on any atom is -0.303 e. The van der Waals surface area contributed by atoms with Crippen LogP contribution in [0.4, 0.5) is 0 Å². The van der Waals surface area contributed by atoms with Crippen LogP contribution in [-0.2, 0) is 6.42 Å². The van der Waals surface area contributed by atoms with Crippen LogP contribution in [0, 0.1) is 6.92 Å². The molecular weight excluding hydrogens is 254 g/mol. The summed E-state index contributed by atoms with van der Waals surface area (Å²) in [6, 6.07) is 18.5. The van der Waals surface area contributed by atoms with E-state index in [0.29, 0.717) is 12.1 Å². The molecule has 0 spiro atoms. The fourth-order valence-corrected chi connectivity index (χ4v) is 3.56. The van der Waals surface area contributed by atoms with Gasteiger partial charge in [-0.1, -0.05) is 55.0 Å². The van der Waals surface area contributed by atoms with Gasteiger partial charge in [0.1, 0.15) is 0 Å². The third kappa shape index (κ3) is 3.19. The first-order valence-corrected chi connectivity index (χ1v) is 8.15. The van der Waals surface area contributed by atoms with Crippen LogP contribution < -0.4 is 5.32 Å². The number of benzene rings is 2. The molecule has 21 heavy (non-hydrogen) atoms. The van der Waals surface area contributed by atoms with Crippen molar-refractivity contribution in [3.63, 3.8) is 0 Å². The summed E-state index contributed by atoms with van der Waals surface area (Å²) in [6.07, 6.45) is 5.10. The highest BCUT2D eigenvalue weighted by Crippen LogP contribution is 2.31. The number of hydrogen-bond acceptors (Lipinski definition) is 1.